The summed E-state index contributed by atoms with van der Waals surface area (Å²) in [7, 11) is 3.97. The molecule has 3 nitrogen and oxygen atoms in total. The molecule has 72 valence electrons. The van der Waals surface area contributed by atoms with Crippen molar-refractivity contribution in [3.05, 3.63) is 0 Å². The van der Waals surface area contributed by atoms with Crippen molar-refractivity contribution in [2.24, 2.45) is 0 Å². The Morgan fingerprint density at radius 3 is 3.17 bits per heavy atom. The third-order valence-corrected chi connectivity index (χ3v) is 2.52. The summed E-state index contributed by atoms with van der Waals surface area (Å²) < 4.78 is 5.08. The van der Waals surface area contributed by atoms with Gasteiger partial charge >= 0.3 is 0 Å². The zero-order valence-corrected chi connectivity index (χ0v) is 8.18. The molecule has 0 aromatic heterocycles. The normalized spacial score (nSPS) is 27.0. The zero-order chi connectivity index (χ0) is 8.81. The predicted octanol–water partition coefficient (Wildman–Crippen LogP) is 0.317. The van der Waals surface area contributed by atoms with E-state index in [1.165, 1.54) is 13.0 Å². The summed E-state index contributed by atoms with van der Waals surface area (Å²) in [6, 6.07) is 0.660. The van der Waals surface area contributed by atoms with Crippen molar-refractivity contribution in [3.63, 3.8) is 0 Å². The second-order valence-corrected chi connectivity index (χ2v) is 3.47. The molecule has 0 aromatic carbocycles. The molecule has 1 saturated heterocycles. The first-order valence-electron chi connectivity index (χ1n) is 4.74. The highest BCUT2D eigenvalue weighted by atomic mass is 16.5. The van der Waals surface area contributed by atoms with Crippen LogP contribution >= 0.6 is 0 Å². The first kappa shape index (κ1) is 9.96. The molecule has 1 N–H and O–H groups in total. The van der Waals surface area contributed by atoms with Gasteiger partial charge in [-0.05, 0) is 33.0 Å². The number of likely N-dealkylation sites (N-methyl/N-ethyl adjacent to an activating group) is 1. The standard InChI is InChI=1S/C9H20N2O/c1-11-6-3-5-10-8-9(11)4-7-12-2/h9-10H,3-8H2,1-2H3. The second-order valence-electron chi connectivity index (χ2n) is 3.47. The van der Waals surface area contributed by atoms with Crippen LogP contribution in [0.15, 0.2) is 0 Å². The molecule has 0 bridgehead atoms. The first-order chi connectivity index (χ1) is 5.84. The summed E-state index contributed by atoms with van der Waals surface area (Å²) in [5.41, 5.74) is 0. The van der Waals surface area contributed by atoms with E-state index in [0.29, 0.717) is 6.04 Å². The number of hydrogen-bond donors (Lipinski definition) is 1. The Morgan fingerprint density at radius 1 is 1.58 bits per heavy atom. The quantitative estimate of drug-likeness (QED) is 0.663. The lowest BCUT2D eigenvalue weighted by Gasteiger charge is -2.24. The molecule has 1 aliphatic heterocycles. The Balaban J connectivity index is 2.26. The molecule has 1 atom stereocenters. The lowest BCUT2D eigenvalue weighted by Crippen LogP contribution is -2.37. The van der Waals surface area contributed by atoms with E-state index in [9.17, 15) is 0 Å². The van der Waals surface area contributed by atoms with Crippen molar-refractivity contribution in [1.82, 2.24) is 10.2 Å². The van der Waals surface area contributed by atoms with Gasteiger partial charge in [-0.1, -0.05) is 0 Å². The molecule has 12 heavy (non-hydrogen) atoms. The van der Waals surface area contributed by atoms with E-state index in [-0.39, 0.29) is 0 Å². The van der Waals surface area contributed by atoms with Crippen molar-refractivity contribution in [2.45, 2.75) is 18.9 Å². The molecule has 0 spiro atoms. The van der Waals surface area contributed by atoms with Gasteiger partial charge in [0, 0.05) is 26.3 Å². The lowest BCUT2D eigenvalue weighted by atomic mass is 10.2. The van der Waals surface area contributed by atoms with Crippen LogP contribution in [-0.4, -0.2) is 51.3 Å². The van der Waals surface area contributed by atoms with Crippen LogP contribution in [0.4, 0.5) is 0 Å². The maximum atomic E-state index is 5.08. The van der Waals surface area contributed by atoms with Gasteiger partial charge in [-0.2, -0.15) is 0 Å². The summed E-state index contributed by atoms with van der Waals surface area (Å²) >= 11 is 0. The van der Waals surface area contributed by atoms with E-state index in [1.807, 2.05) is 0 Å². The van der Waals surface area contributed by atoms with Crippen LogP contribution in [-0.2, 0) is 4.74 Å². The zero-order valence-electron chi connectivity index (χ0n) is 8.18. The topological polar surface area (TPSA) is 24.5 Å². The summed E-state index contributed by atoms with van der Waals surface area (Å²) in [5.74, 6) is 0. The van der Waals surface area contributed by atoms with E-state index in [0.717, 1.165) is 26.1 Å². The summed E-state index contributed by atoms with van der Waals surface area (Å²) in [4.78, 5) is 2.43. The molecule has 1 rings (SSSR count). The first-order valence-corrected chi connectivity index (χ1v) is 4.74. The van der Waals surface area contributed by atoms with Crippen molar-refractivity contribution in [2.75, 3.05) is 40.4 Å². The molecule has 1 unspecified atom stereocenters. The van der Waals surface area contributed by atoms with Gasteiger partial charge in [0.2, 0.25) is 0 Å². The van der Waals surface area contributed by atoms with E-state index >= 15 is 0 Å². The maximum absolute atomic E-state index is 5.08. The minimum Gasteiger partial charge on any atom is -0.385 e. The van der Waals surface area contributed by atoms with E-state index in [1.54, 1.807) is 7.11 Å². The van der Waals surface area contributed by atoms with Gasteiger partial charge in [-0.15, -0.1) is 0 Å². The van der Waals surface area contributed by atoms with Crippen LogP contribution in [0, 0.1) is 0 Å². The average Bonchev–Trinajstić information content (AvgIpc) is 2.27. The van der Waals surface area contributed by atoms with E-state index in [2.05, 4.69) is 17.3 Å². The van der Waals surface area contributed by atoms with Crippen molar-refractivity contribution >= 4 is 0 Å². The number of rotatable bonds is 3. The largest absolute Gasteiger partial charge is 0.385 e. The Kier molecular flexibility index (Phi) is 4.58. The van der Waals surface area contributed by atoms with Gasteiger partial charge in [0.25, 0.3) is 0 Å². The highest BCUT2D eigenvalue weighted by molar-refractivity contribution is 4.74. The molecule has 1 fully saturated rings. The SMILES string of the molecule is COCCC1CNCCCN1C. The molecular weight excluding hydrogens is 152 g/mol. The van der Waals surface area contributed by atoms with Gasteiger partial charge in [-0.3, -0.25) is 0 Å². The Labute approximate surface area is 75.1 Å². The van der Waals surface area contributed by atoms with Crippen LogP contribution in [0.3, 0.4) is 0 Å². The number of hydrogen-bond acceptors (Lipinski definition) is 3. The Bertz CT molecular complexity index is 119. The Hall–Kier alpha value is -0.120. The fourth-order valence-corrected chi connectivity index (χ4v) is 1.64. The van der Waals surface area contributed by atoms with Crippen LogP contribution < -0.4 is 5.32 Å². The van der Waals surface area contributed by atoms with E-state index in [4.69, 9.17) is 4.74 Å². The molecular formula is C9H20N2O. The van der Waals surface area contributed by atoms with Crippen molar-refractivity contribution in [3.8, 4) is 0 Å². The Morgan fingerprint density at radius 2 is 2.42 bits per heavy atom. The van der Waals surface area contributed by atoms with Gasteiger partial charge < -0.3 is 15.0 Å². The maximum Gasteiger partial charge on any atom is 0.0477 e. The van der Waals surface area contributed by atoms with Crippen LogP contribution in [0.1, 0.15) is 12.8 Å². The summed E-state index contributed by atoms with van der Waals surface area (Å²) in [5, 5.41) is 3.44. The second kappa shape index (κ2) is 5.51. The fraction of sp³-hybridized carbons (Fsp3) is 1.00. The average molecular weight is 172 g/mol. The van der Waals surface area contributed by atoms with Crippen LogP contribution in [0.25, 0.3) is 0 Å². The summed E-state index contributed by atoms with van der Waals surface area (Å²) in [6.45, 7) is 4.35. The number of nitrogens with zero attached hydrogens (tertiary/aromatic N) is 1. The molecule has 0 radical (unpaired) electrons. The molecule has 0 amide bonds. The number of nitrogens with one attached hydrogen (secondary N) is 1. The lowest BCUT2D eigenvalue weighted by molar-refractivity contribution is 0.151. The van der Waals surface area contributed by atoms with Crippen molar-refractivity contribution in [1.29, 1.82) is 0 Å². The van der Waals surface area contributed by atoms with Crippen LogP contribution in [0.2, 0.25) is 0 Å². The highest BCUT2D eigenvalue weighted by Crippen LogP contribution is 2.04. The number of methoxy groups -OCH3 is 1. The smallest absolute Gasteiger partial charge is 0.0477 e. The van der Waals surface area contributed by atoms with Crippen molar-refractivity contribution < 1.29 is 4.74 Å². The van der Waals surface area contributed by atoms with Gasteiger partial charge in [0.1, 0.15) is 0 Å². The van der Waals surface area contributed by atoms with Gasteiger partial charge in [0.05, 0.1) is 0 Å². The molecule has 1 heterocycles. The summed E-state index contributed by atoms with van der Waals surface area (Å²) in [6.07, 6.45) is 2.40. The molecule has 3 heteroatoms. The van der Waals surface area contributed by atoms with Crippen LogP contribution in [0.5, 0.6) is 0 Å². The molecule has 1 aliphatic rings. The van der Waals surface area contributed by atoms with E-state index < -0.39 is 0 Å². The minimum absolute atomic E-state index is 0.660. The van der Waals surface area contributed by atoms with Gasteiger partial charge in [0.15, 0.2) is 0 Å². The predicted molar refractivity (Wildman–Crippen MR) is 50.4 cm³/mol. The third-order valence-electron chi connectivity index (χ3n) is 2.52. The fourth-order valence-electron chi connectivity index (χ4n) is 1.64. The highest BCUT2D eigenvalue weighted by Gasteiger charge is 2.15. The monoisotopic (exact) mass is 172 g/mol. The minimum atomic E-state index is 0.660. The number of ether oxygens (including phenoxy) is 1. The van der Waals surface area contributed by atoms with Gasteiger partial charge in [-0.25, -0.2) is 0 Å². The molecule has 0 aliphatic carbocycles. The molecule has 0 aromatic rings. The third kappa shape index (κ3) is 3.09. The molecule has 0 saturated carbocycles.